The molecule has 0 aromatic heterocycles. The molecule has 2 nitrogen and oxygen atoms in total. The van der Waals surface area contributed by atoms with Crippen LogP contribution in [0.3, 0.4) is 0 Å². The van der Waals surface area contributed by atoms with E-state index in [9.17, 15) is 4.79 Å². The molecule has 0 aromatic rings. The van der Waals surface area contributed by atoms with Crippen molar-refractivity contribution in [2.45, 2.75) is 4.33 Å². The first kappa shape index (κ1) is 8.34. The van der Waals surface area contributed by atoms with Gasteiger partial charge in [0.25, 0.3) is 0 Å². The van der Waals surface area contributed by atoms with Crippen molar-refractivity contribution in [2.24, 2.45) is 0 Å². The molecule has 0 heterocycles. The molecule has 0 aliphatic heterocycles. The van der Waals surface area contributed by atoms with E-state index in [2.05, 4.69) is 0 Å². The fourth-order valence-electron chi connectivity index (χ4n) is 0.0572. The highest BCUT2D eigenvalue weighted by Crippen LogP contribution is 2.21. The van der Waals surface area contributed by atoms with Crippen molar-refractivity contribution in [1.29, 1.82) is 0 Å². The number of hydrogen-bond donors (Lipinski definition) is 1. The van der Waals surface area contributed by atoms with Crippen molar-refractivity contribution in [2.75, 3.05) is 5.88 Å². The quantitative estimate of drug-likeness (QED) is 0.649. The normalized spacial score (nSPS) is 11.4. The van der Waals surface area contributed by atoms with Crippen LogP contribution in [0.2, 0.25) is 0 Å². The summed E-state index contributed by atoms with van der Waals surface area (Å²) in [6.07, 6.45) is 0. The molecule has 0 bridgehead atoms. The molecular formula is C3H3Cl3O2. The third-order valence-electron chi connectivity index (χ3n) is 0.481. The summed E-state index contributed by atoms with van der Waals surface area (Å²) >= 11 is 15.2. The van der Waals surface area contributed by atoms with E-state index in [0.29, 0.717) is 0 Å². The molecule has 8 heavy (non-hydrogen) atoms. The van der Waals surface area contributed by atoms with Crippen LogP contribution in [-0.2, 0) is 4.79 Å². The minimum atomic E-state index is -1.83. The summed E-state index contributed by atoms with van der Waals surface area (Å²) in [7, 11) is 0. The molecule has 0 aliphatic rings. The number of carboxylic acid groups (broad SMARTS) is 1. The first-order valence-electron chi connectivity index (χ1n) is 1.68. The zero-order valence-electron chi connectivity index (χ0n) is 3.70. The zero-order valence-corrected chi connectivity index (χ0v) is 5.96. The van der Waals surface area contributed by atoms with E-state index >= 15 is 0 Å². The summed E-state index contributed by atoms with van der Waals surface area (Å²) < 4.78 is -1.83. The summed E-state index contributed by atoms with van der Waals surface area (Å²) in [6, 6.07) is 0. The Morgan fingerprint density at radius 2 is 2.00 bits per heavy atom. The zero-order chi connectivity index (χ0) is 6.78. The predicted octanol–water partition coefficient (Wildman–Crippen LogP) is 1.48. The molecule has 1 N–H and O–H groups in total. The molecular weight excluding hydrogens is 174 g/mol. The van der Waals surface area contributed by atoms with E-state index in [4.69, 9.17) is 39.9 Å². The Labute approximate surface area is 61.3 Å². The molecule has 0 spiro atoms. The number of halogens is 3. The number of carboxylic acids is 1. The predicted molar refractivity (Wildman–Crippen MR) is 32.8 cm³/mol. The van der Waals surface area contributed by atoms with Crippen LogP contribution in [0.1, 0.15) is 0 Å². The highest BCUT2D eigenvalue weighted by atomic mass is 35.5. The molecule has 0 unspecified atom stereocenters. The number of alkyl halides is 3. The van der Waals surface area contributed by atoms with E-state index in [0.717, 1.165) is 0 Å². The monoisotopic (exact) mass is 176 g/mol. The first-order chi connectivity index (χ1) is 3.50. The fraction of sp³-hybridized carbons (Fsp3) is 0.667. The van der Waals surface area contributed by atoms with E-state index in [1.807, 2.05) is 0 Å². The average molecular weight is 177 g/mol. The van der Waals surface area contributed by atoms with Crippen LogP contribution >= 0.6 is 34.8 Å². The van der Waals surface area contributed by atoms with Gasteiger partial charge in [0.1, 0.15) is 0 Å². The highest BCUT2D eigenvalue weighted by molar-refractivity contribution is 6.59. The van der Waals surface area contributed by atoms with Crippen molar-refractivity contribution >= 4 is 40.8 Å². The highest BCUT2D eigenvalue weighted by Gasteiger charge is 2.31. The molecule has 0 atom stereocenters. The van der Waals surface area contributed by atoms with E-state index in [1.54, 1.807) is 0 Å². The van der Waals surface area contributed by atoms with Crippen LogP contribution < -0.4 is 0 Å². The van der Waals surface area contributed by atoms with Gasteiger partial charge in [-0.1, -0.05) is 23.2 Å². The Bertz CT molecular complexity index is 101. The Hall–Kier alpha value is 0.340. The van der Waals surface area contributed by atoms with Crippen molar-refractivity contribution in [1.82, 2.24) is 0 Å². The minimum Gasteiger partial charge on any atom is -0.479 e. The van der Waals surface area contributed by atoms with Gasteiger partial charge >= 0.3 is 5.97 Å². The lowest BCUT2D eigenvalue weighted by Gasteiger charge is -2.07. The molecule has 0 amide bonds. The molecule has 0 saturated heterocycles. The molecule has 5 heteroatoms. The van der Waals surface area contributed by atoms with Gasteiger partial charge in [0, 0.05) is 0 Å². The van der Waals surface area contributed by atoms with Crippen molar-refractivity contribution < 1.29 is 9.90 Å². The standard InChI is InChI=1S/C3H3Cl3O2/c4-1-3(5,6)2(7)8/h1H2,(H,7,8). The van der Waals surface area contributed by atoms with Gasteiger partial charge in [-0.05, 0) is 0 Å². The maximum Gasteiger partial charge on any atom is 0.341 e. The molecule has 0 aliphatic carbocycles. The fourth-order valence-corrected chi connectivity index (χ4v) is 0.171. The maximum atomic E-state index is 9.90. The number of carbonyl (C=O) groups is 1. The number of hydrogen-bond acceptors (Lipinski definition) is 1. The molecule has 0 rings (SSSR count). The third-order valence-corrected chi connectivity index (χ3v) is 1.75. The second-order valence-electron chi connectivity index (χ2n) is 1.14. The van der Waals surface area contributed by atoms with Gasteiger partial charge in [0.2, 0.25) is 4.33 Å². The summed E-state index contributed by atoms with van der Waals surface area (Å²) in [5.41, 5.74) is 0. The van der Waals surface area contributed by atoms with Gasteiger partial charge < -0.3 is 5.11 Å². The molecule has 0 aromatic carbocycles. The summed E-state index contributed by atoms with van der Waals surface area (Å²) in [5, 5.41) is 8.09. The van der Waals surface area contributed by atoms with Gasteiger partial charge in [0.15, 0.2) is 0 Å². The number of aliphatic carboxylic acids is 1. The van der Waals surface area contributed by atoms with Gasteiger partial charge in [-0.15, -0.1) is 11.6 Å². The molecule has 48 valence electrons. The molecule has 0 radical (unpaired) electrons. The van der Waals surface area contributed by atoms with Crippen LogP contribution in [-0.4, -0.2) is 21.3 Å². The minimum absolute atomic E-state index is 0.314. The lowest BCUT2D eigenvalue weighted by atomic mass is 10.5. The van der Waals surface area contributed by atoms with Crippen LogP contribution in [0.15, 0.2) is 0 Å². The van der Waals surface area contributed by atoms with Gasteiger partial charge in [-0.3, -0.25) is 0 Å². The molecule has 0 saturated carbocycles. The Kier molecular flexibility index (Phi) is 2.88. The van der Waals surface area contributed by atoms with E-state index in [-0.39, 0.29) is 5.88 Å². The van der Waals surface area contributed by atoms with Crippen molar-refractivity contribution in [3.63, 3.8) is 0 Å². The third kappa shape index (κ3) is 2.07. The van der Waals surface area contributed by atoms with Crippen LogP contribution in [0.5, 0.6) is 0 Å². The summed E-state index contributed by atoms with van der Waals surface area (Å²) in [4.78, 5) is 9.90. The lowest BCUT2D eigenvalue weighted by molar-refractivity contribution is -0.137. The van der Waals surface area contributed by atoms with Crippen LogP contribution in [0.25, 0.3) is 0 Å². The summed E-state index contributed by atoms with van der Waals surface area (Å²) in [5.74, 6) is -1.64. The van der Waals surface area contributed by atoms with E-state index < -0.39 is 10.3 Å². The topological polar surface area (TPSA) is 37.3 Å². The van der Waals surface area contributed by atoms with Crippen LogP contribution in [0, 0.1) is 0 Å². The van der Waals surface area contributed by atoms with Crippen molar-refractivity contribution in [3.8, 4) is 0 Å². The van der Waals surface area contributed by atoms with Crippen LogP contribution in [0.4, 0.5) is 0 Å². The average Bonchev–Trinajstić information content (AvgIpc) is 1.67. The first-order valence-corrected chi connectivity index (χ1v) is 2.97. The smallest absolute Gasteiger partial charge is 0.341 e. The van der Waals surface area contributed by atoms with Gasteiger partial charge in [-0.25, -0.2) is 4.79 Å². The van der Waals surface area contributed by atoms with Crippen molar-refractivity contribution in [3.05, 3.63) is 0 Å². The van der Waals surface area contributed by atoms with E-state index in [1.165, 1.54) is 0 Å². The Morgan fingerprint density at radius 3 is 2.00 bits per heavy atom. The van der Waals surface area contributed by atoms with Gasteiger partial charge in [0.05, 0.1) is 5.88 Å². The lowest BCUT2D eigenvalue weighted by Crippen LogP contribution is -2.26. The molecule has 0 fully saturated rings. The Morgan fingerprint density at radius 1 is 1.62 bits per heavy atom. The second-order valence-corrected chi connectivity index (χ2v) is 2.89. The largest absolute Gasteiger partial charge is 0.479 e. The Balaban J connectivity index is 3.91. The van der Waals surface area contributed by atoms with Gasteiger partial charge in [-0.2, -0.15) is 0 Å². The second kappa shape index (κ2) is 2.76. The maximum absolute atomic E-state index is 9.90. The summed E-state index contributed by atoms with van der Waals surface area (Å²) in [6.45, 7) is 0. The SMILES string of the molecule is O=C(O)C(Cl)(Cl)CCl. The number of rotatable bonds is 2.